The third-order valence-electron chi connectivity index (χ3n) is 2.32. The molecule has 7 heteroatoms. The number of sulfonamides is 1. The Hall–Kier alpha value is -0.920. The van der Waals surface area contributed by atoms with E-state index < -0.39 is 10.0 Å². The number of aromatic nitrogens is 2. The molecule has 17 heavy (non-hydrogen) atoms. The summed E-state index contributed by atoms with van der Waals surface area (Å²) in [7, 11) is -3.52. The molecule has 1 heterocycles. The largest absolute Gasteiger partial charge is 0.396 e. The van der Waals surface area contributed by atoms with Gasteiger partial charge in [-0.2, -0.15) is 5.10 Å². The summed E-state index contributed by atoms with van der Waals surface area (Å²) >= 11 is 0. The number of hydrogen-bond donors (Lipinski definition) is 2. The topological polar surface area (TPSA) is 84.2 Å². The highest BCUT2D eigenvalue weighted by atomic mass is 32.2. The highest BCUT2D eigenvalue weighted by Crippen LogP contribution is 2.15. The highest BCUT2D eigenvalue weighted by Gasteiger charge is 2.20. The fraction of sp³-hybridized carbons (Fsp3) is 0.700. The maximum absolute atomic E-state index is 11.9. The molecule has 0 saturated heterocycles. The standard InChI is InChI=1S/C10H19N3O3S/c1-8(2)13-7-10(9(3)12-13)17(15,16)11-5-4-6-14/h7-8,11,14H,4-6H2,1-3H3. The fourth-order valence-corrected chi connectivity index (χ4v) is 2.60. The van der Waals surface area contributed by atoms with Crippen LogP contribution in [0.1, 0.15) is 32.0 Å². The van der Waals surface area contributed by atoms with Gasteiger partial charge >= 0.3 is 0 Å². The van der Waals surface area contributed by atoms with Crippen LogP contribution in [0, 0.1) is 6.92 Å². The van der Waals surface area contributed by atoms with Crippen molar-refractivity contribution in [2.24, 2.45) is 0 Å². The van der Waals surface area contributed by atoms with Crippen LogP contribution in [0.2, 0.25) is 0 Å². The monoisotopic (exact) mass is 261 g/mol. The lowest BCUT2D eigenvalue weighted by Crippen LogP contribution is -2.25. The van der Waals surface area contributed by atoms with Crippen molar-refractivity contribution in [2.45, 2.75) is 38.1 Å². The van der Waals surface area contributed by atoms with E-state index in [0.29, 0.717) is 12.1 Å². The minimum atomic E-state index is -3.52. The Morgan fingerprint density at radius 1 is 1.53 bits per heavy atom. The molecule has 0 radical (unpaired) electrons. The molecule has 0 spiro atoms. The summed E-state index contributed by atoms with van der Waals surface area (Å²) in [5.41, 5.74) is 0.482. The second kappa shape index (κ2) is 5.61. The van der Waals surface area contributed by atoms with E-state index in [0.717, 1.165) is 0 Å². The van der Waals surface area contributed by atoms with Crippen LogP contribution in [0.4, 0.5) is 0 Å². The normalized spacial score (nSPS) is 12.3. The first-order chi connectivity index (χ1) is 7.88. The van der Waals surface area contributed by atoms with E-state index >= 15 is 0 Å². The van der Waals surface area contributed by atoms with Crippen LogP contribution in [0.3, 0.4) is 0 Å². The zero-order valence-electron chi connectivity index (χ0n) is 10.3. The average Bonchev–Trinajstić information content (AvgIpc) is 2.61. The lowest BCUT2D eigenvalue weighted by molar-refractivity contribution is 0.289. The number of aryl methyl sites for hydroxylation is 1. The number of rotatable bonds is 6. The zero-order chi connectivity index (χ0) is 13.1. The SMILES string of the molecule is Cc1nn(C(C)C)cc1S(=O)(=O)NCCCO. The molecule has 98 valence electrons. The van der Waals surface area contributed by atoms with Crippen molar-refractivity contribution in [1.82, 2.24) is 14.5 Å². The molecule has 1 rings (SSSR count). The molecule has 1 aromatic rings. The summed E-state index contributed by atoms with van der Waals surface area (Å²) < 4.78 is 27.9. The number of hydrogen-bond acceptors (Lipinski definition) is 4. The van der Waals surface area contributed by atoms with Crippen LogP contribution >= 0.6 is 0 Å². The Morgan fingerprint density at radius 3 is 2.65 bits per heavy atom. The second-order valence-corrected chi connectivity index (χ2v) is 5.86. The van der Waals surface area contributed by atoms with Gasteiger partial charge in [-0.05, 0) is 27.2 Å². The minimum Gasteiger partial charge on any atom is -0.396 e. The van der Waals surface area contributed by atoms with E-state index in [2.05, 4.69) is 9.82 Å². The van der Waals surface area contributed by atoms with Gasteiger partial charge in [0.1, 0.15) is 4.90 Å². The molecule has 0 saturated carbocycles. The molecular weight excluding hydrogens is 242 g/mol. The van der Waals surface area contributed by atoms with Crippen LogP contribution in [0.5, 0.6) is 0 Å². The summed E-state index contributed by atoms with van der Waals surface area (Å²) in [4.78, 5) is 0.198. The highest BCUT2D eigenvalue weighted by molar-refractivity contribution is 7.89. The van der Waals surface area contributed by atoms with Gasteiger partial charge in [0.05, 0.1) is 5.69 Å². The Morgan fingerprint density at radius 2 is 2.18 bits per heavy atom. The predicted octanol–water partition coefficient (Wildman–Crippen LogP) is 0.433. The summed E-state index contributed by atoms with van der Waals surface area (Å²) in [6.07, 6.45) is 1.93. The van der Waals surface area contributed by atoms with Gasteiger partial charge < -0.3 is 5.11 Å². The van der Waals surface area contributed by atoms with Crippen molar-refractivity contribution in [3.63, 3.8) is 0 Å². The van der Waals surface area contributed by atoms with E-state index in [9.17, 15) is 8.42 Å². The smallest absolute Gasteiger partial charge is 0.243 e. The Balaban J connectivity index is 2.91. The van der Waals surface area contributed by atoms with Crippen LogP contribution in [-0.2, 0) is 10.0 Å². The van der Waals surface area contributed by atoms with Gasteiger partial charge in [0, 0.05) is 25.4 Å². The molecule has 2 N–H and O–H groups in total. The maximum atomic E-state index is 11.9. The average molecular weight is 261 g/mol. The van der Waals surface area contributed by atoms with Gasteiger partial charge in [0.2, 0.25) is 10.0 Å². The molecule has 0 aliphatic carbocycles. The van der Waals surface area contributed by atoms with Crippen molar-refractivity contribution < 1.29 is 13.5 Å². The molecule has 0 unspecified atom stereocenters. The number of nitrogens with zero attached hydrogens (tertiary/aromatic N) is 2. The Labute approximate surface area is 102 Å². The van der Waals surface area contributed by atoms with Crippen molar-refractivity contribution in [3.05, 3.63) is 11.9 Å². The minimum absolute atomic E-state index is 0.0350. The maximum Gasteiger partial charge on any atom is 0.243 e. The van der Waals surface area contributed by atoms with Crippen LogP contribution < -0.4 is 4.72 Å². The van der Waals surface area contributed by atoms with Gasteiger partial charge in [-0.25, -0.2) is 13.1 Å². The van der Waals surface area contributed by atoms with E-state index in [1.165, 1.54) is 6.20 Å². The summed E-state index contributed by atoms with van der Waals surface area (Å²) in [5, 5.41) is 12.8. The molecule has 0 aliphatic rings. The second-order valence-electron chi connectivity index (χ2n) is 4.13. The molecule has 0 amide bonds. The fourth-order valence-electron chi connectivity index (χ4n) is 1.36. The molecule has 6 nitrogen and oxygen atoms in total. The number of aliphatic hydroxyl groups is 1. The van der Waals surface area contributed by atoms with Crippen molar-refractivity contribution in [1.29, 1.82) is 0 Å². The van der Waals surface area contributed by atoms with Crippen LogP contribution in [0.15, 0.2) is 11.1 Å². The molecule has 0 bridgehead atoms. The molecule has 0 atom stereocenters. The lowest BCUT2D eigenvalue weighted by atomic mass is 10.4. The van der Waals surface area contributed by atoms with Gasteiger partial charge in [-0.3, -0.25) is 4.68 Å². The quantitative estimate of drug-likeness (QED) is 0.727. The lowest BCUT2D eigenvalue weighted by Gasteiger charge is -2.04. The third kappa shape index (κ3) is 3.52. The first-order valence-corrected chi connectivity index (χ1v) is 7.03. The molecule has 1 aromatic heterocycles. The van der Waals surface area contributed by atoms with Crippen molar-refractivity contribution in [3.8, 4) is 0 Å². The number of nitrogens with one attached hydrogen (secondary N) is 1. The summed E-state index contributed by atoms with van der Waals surface area (Å²) in [6, 6.07) is 0.120. The first kappa shape index (κ1) is 14.1. The van der Waals surface area contributed by atoms with E-state index in [1.54, 1.807) is 11.6 Å². The Kier molecular flexibility index (Phi) is 4.67. The van der Waals surface area contributed by atoms with Gasteiger partial charge in [-0.1, -0.05) is 0 Å². The predicted molar refractivity (Wildman–Crippen MR) is 64.2 cm³/mol. The van der Waals surface area contributed by atoms with Gasteiger partial charge in [-0.15, -0.1) is 0 Å². The zero-order valence-corrected chi connectivity index (χ0v) is 11.2. The van der Waals surface area contributed by atoms with E-state index in [1.807, 2.05) is 13.8 Å². The van der Waals surface area contributed by atoms with Crippen LogP contribution in [0.25, 0.3) is 0 Å². The van der Waals surface area contributed by atoms with Crippen molar-refractivity contribution in [2.75, 3.05) is 13.2 Å². The number of aliphatic hydroxyl groups excluding tert-OH is 1. The summed E-state index contributed by atoms with van der Waals surface area (Å²) in [6.45, 7) is 5.72. The van der Waals surface area contributed by atoms with Crippen molar-refractivity contribution >= 4 is 10.0 Å². The van der Waals surface area contributed by atoms with Crippen LogP contribution in [-0.4, -0.2) is 36.5 Å². The third-order valence-corrected chi connectivity index (χ3v) is 3.88. The Bertz CT molecular complexity index is 465. The first-order valence-electron chi connectivity index (χ1n) is 5.54. The van der Waals surface area contributed by atoms with E-state index in [-0.39, 0.29) is 24.1 Å². The summed E-state index contributed by atoms with van der Waals surface area (Å²) in [5.74, 6) is 0. The molecule has 0 fully saturated rings. The molecule has 0 aromatic carbocycles. The van der Waals surface area contributed by atoms with Gasteiger partial charge in [0.25, 0.3) is 0 Å². The van der Waals surface area contributed by atoms with Gasteiger partial charge in [0.15, 0.2) is 0 Å². The van der Waals surface area contributed by atoms with E-state index in [4.69, 9.17) is 5.11 Å². The molecule has 0 aliphatic heterocycles. The molecular formula is C10H19N3O3S.